The molecule has 0 rings (SSSR count). The molecule has 0 saturated carbocycles. The van der Waals surface area contributed by atoms with E-state index in [1.807, 2.05) is 6.07 Å². The molecule has 0 aromatic heterocycles. The Morgan fingerprint density at radius 1 is 2.00 bits per heavy atom. The van der Waals surface area contributed by atoms with Crippen molar-refractivity contribution in [1.82, 2.24) is 0 Å². The first-order chi connectivity index (χ1) is 3.66. The molecule has 1 amide bonds. The van der Waals surface area contributed by atoms with Gasteiger partial charge in [0.15, 0.2) is 0 Å². The van der Waals surface area contributed by atoms with Crippen LogP contribution in [0, 0.1) is 11.3 Å². The van der Waals surface area contributed by atoms with Gasteiger partial charge in [-0.05, 0) is 0 Å². The van der Waals surface area contributed by atoms with Gasteiger partial charge in [-0.1, -0.05) is 15.9 Å². The maximum absolute atomic E-state index is 10.0. The van der Waals surface area contributed by atoms with Gasteiger partial charge in [-0.25, -0.2) is 0 Å². The summed E-state index contributed by atoms with van der Waals surface area (Å²) in [5.41, 5.74) is 4.75. The van der Waals surface area contributed by atoms with E-state index in [0.29, 0.717) is 0 Å². The first-order valence-electron chi connectivity index (χ1n) is 1.99. The number of nitrogens with two attached hydrogens (primary N) is 1. The van der Waals surface area contributed by atoms with Crippen LogP contribution >= 0.6 is 15.9 Å². The molecule has 0 spiro atoms. The molecule has 1 unspecified atom stereocenters. The third kappa shape index (κ3) is 3.62. The second kappa shape index (κ2) is 3.44. The summed E-state index contributed by atoms with van der Waals surface area (Å²) in [4.78, 5) is 9.58. The van der Waals surface area contributed by atoms with E-state index in [1.165, 1.54) is 0 Å². The van der Waals surface area contributed by atoms with Crippen molar-refractivity contribution < 1.29 is 4.79 Å². The van der Waals surface area contributed by atoms with Crippen molar-refractivity contribution in [2.75, 3.05) is 0 Å². The molecule has 0 heterocycles. The van der Waals surface area contributed by atoms with Crippen molar-refractivity contribution in [2.45, 2.75) is 11.2 Å². The molecule has 0 aromatic carbocycles. The van der Waals surface area contributed by atoms with E-state index in [4.69, 9.17) is 11.0 Å². The number of carbonyl (C=O) groups excluding carboxylic acids is 1. The van der Waals surface area contributed by atoms with Crippen molar-refractivity contribution in [1.29, 1.82) is 5.26 Å². The van der Waals surface area contributed by atoms with E-state index in [1.54, 1.807) is 0 Å². The minimum Gasteiger partial charge on any atom is -0.370 e. The zero-order chi connectivity index (χ0) is 6.57. The van der Waals surface area contributed by atoms with Crippen LogP contribution in [0.2, 0.25) is 0 Å². The molecule has 0 bridgehead atoms. The van der Waals surface area contributed by atoms with Crippen LogP contribution < -0.4 is 5.73 Å². The lowest BCUT2D eigenvalue weighted by Crippen LogP contribution is -2.14. The van der Waals surface area contributed by atoms with Crippen LogP contribution in [0.5, 0.6) is 0 Å². The van der Waals surface area contributed by atoms with Gasteiger partial charge in [0, 0.05) is 0 Å². The molecule has 0 aromatic rings. The van der Waals surface area contributed by atoms with Crippen molar-refractivity contribution in [3.8, 4) is 6.07 Å². The third-order valence-corrected chi connectivity index (χ3v) is 1.05. The second-order valence-electron chi connectivity index (χ2n) is 1.27. The molecule has 8 heavy (non-hydrogen) atoms. The van der Waals surface area contributed by atoms with Crippen molar-refractivity contribution in [3.63, 3.8) is 0 Å². The molecule has 44 valence electrons. The highest BCUT2D eigenvalue weighted by Gasteiger charge is 2.03. The van der Waals surface area contributed by atoms with E-state index < -0.39 is 10.7 Å². The number of halogens is 1. The first-order valence-corrected chi connectivity index (χ1v) is 2.90. The molecule has 3 nitrogen and oxygen atoms in total. The van der Waals surface area contributed by atoms with E-state index in [0.717, 1.165) is 0 Å². The second-order valence-corrected chi connectivity index (χ2v) is 2.37. The van der Waals surface area contributed by atoms with Gasteiger partial charge < -0.3 is 5.73 Å². The van der Waals surface area contributed by atoms with E-state index >= 15 is 0 Å². The zero-order valence-corrected chi connectivity index (χ0v) is 5.68. The fourth-order valence-electron chi connectivity index (χ4n) is 0.222. The van der Waals surface area contributed by atoms with E-state index in [9.17, 15) is 4.79 Å². The van der Waals surface area contributed by atoms with Gasteiger partial charge in [0.2, 0.25) is 5.91 Å². The van der Waals surface area contributed by atoms with Gasteiger partial charge in [0.1, 0.15) is 4.83 Å². The molecule has 0 radical (unpaired) electrons. The highest BCUT2D eigenvalue weighted by Crippen LogP contribution is 2.00. The maximum atomic E-state index is 10.0. The Morgan fingerprint density at radius 2 is 2.50 bits per heavy atom. The molecule has 0 aliphatic heterocycles. The Labute approximate surface area is 55.6 Å². The van der Waals surface area contributed by atoms with Gasteiger partial charge in [0.25, 0.3) is 0 Å². The lowest BCUT2D eigenvalue weighted by Gasteiger charge is -1.90. The van der Waals surface area contributed by atoms with Crippen LogP contribution in [0.3, 0.4) is 0 Å². The normalized spacial score (nSPS) is 12.0. The Bertz CT molecular complexity index is 128. The number of carbonyl (C=O) groups is 1. The topological polar surface area (TPSA) is 66.9 Å². The number of primary amides is 1. The Balaban J connectivity index is 3.43. The van der Waals surface area contributed by atoms with Crippen LogP contribution in [0.15, 0.2) is 0 Å². The van der Waals surface area contributed by atoms with Crippen LogP contribution in [-0.4, -0.2) is 10.7 Å². The van der Waals surface area contributed by atoms with E-state index in [-0.39, 0.29) is 6.42 Å². The summed E-state index contributed by atoms with van der Waals surface area (Å²) < 4.78 is 0. The molecule has 4 heteroatoms. The standard InChI is InChI=1S/C4H5BrN2O/c5-3(2-6)1-4(7)8/h3H,1H2,(H2,7,8). The Morgan fingerprint density at radius 3 is 2.62 bits per heavy atom. The number of hydrogen-bond acceptors (Lipinski definition) is 2. The fraction of sp³-hybridized carbons (Fsp3) is 0.500. The minimum atomic E-state index is -0.464. The van der Waals surface area contributed by atoms with Crippen molar-refractivity contribution >= 4 is 21.8 Å². The highest BCUT2D eigenvalue weighted by molar-refractivity contribution is 9.09. The van der Waals surface area contributed by atoms with Gasteiger partial charge >= 0.3 is 0 Å². The summed E-state index contributed by atoms with van der Waals surface area (Å²) in [6.45, 7) is 0. The first kappa shape index (κ1) is 7.44. The summed E-state index contributed by atoms with van der Waals surface area (Å²) in [5.74, 6) is -0.464. The van der Waals surface area contributed by atoms with E-state index in [2.05, 4.69) is 15.9 Å². The predicted molar refractivity (Wildman–Crippen MR) is 32.1 cm³/mol. The summed E-state index contributed by atoms with van der Waals surface area (Å²) in [7, 11) is 0. The number of nitriles is 1. The number of nitrogens with zero attached hydrogens (tertiary/aromatic N) is 1. The van der Waals surface area contributed by atoms with Crippen LogP contribution in [0.25, 0.3) is 0 Å². The lowest BCUT2D eigenvalue weighted by atomic mass is 10.3. The number of alkyl halides is 1. The summed E-state index contributed by atoms with van der Waals surface area (Å²) in [6.07, 6.45) is 0.0799. The zero-order valence-electron chi connectivity index (χ0n) is 4.10. The molecule has 0 aliphatic carbocycles. The molecule has 0 fully saturated rings. The predicted octanol–water partition coefficient (Wildman–Crippen LogP) is 0.149. The Hall–Kier alpha value is -0.560. The molecule has 1 atom stereocenters. The molecule has 0 saturated heterocycles. The van der Waals surface area contributed by atoms with Crippen LogP contribution in [0.1, 0.15) is 6.42 Å². The monoisotopic (exact) mass is 176 g/mol. The number of rotatable bonds is 2. The lowest BCUT2D eigenvalue weighted by molar-refractivity contribution is -0.117. The SMILES string of the molecule is N#CC(Br)CC(N)=O. The van der Waals surface area contributed by atoms with Crippen LogP contribution in [0.4, 0.5) is 0 Å². The van der Waals surface area contributed by atoms with Gasteiger partial charge in [-0.3, -0.25) is 4.79 Å². The number of amides is 1. The minimum absolute atomic E-state index is 0.0799. The smallest absolute Gasteiger partial charge is 0.219 e. The fourth-order valence-corrected chi connectivity index (χ4v) is 0.541. The molecular weight excluding hydrogens is 172 g/mol. The average Bonchev–Trinajstić information content (AvgIpc) is 1.65. The summed E-state index contributed by atoms with van der Waals surface area (Å²) in [5, 5.41) is 8.08. The summed E-state index contributed by atoms with van der Waals surface area (Å²) in [6, 6.07) is 1.81. The largest absolute Gasteiger partial charge is 0.370 e. The summed E-state index contributed by atoms with van der Waals surface area (Å²) >= 11 is 2.92. The van der Waals surface area contributed by atoms with Gasteiger partial charge in [-0.2, -0.15) is 5.26 Å². The van der Waals surface area contributed by atoms with Gasteiger partial charge in [0.05, 0.1) is 12.5 Å². The molecule has 2 N–H and O–H groups in total. The maximum Gasteiger partial charge on any atom is 0.219 e. The molecular formula is C4H5BrN2O. The van der Waals surface area contributed by atoms with Crippen molar-refractivity contribution in [3.05, 3.63) is 0 Å². The quantitative estimate of drug-likeness (QED) is 0.610. The Kier molecular flexibility index (Phi) is 3.20. The third-order valence-electron chi connectivity index (χ3n) is 0.520. The van der Waals surface area contributed by atoms with Gasteiger partial charge in [-0.15, -0.1) is 0 Å². The van der Waals surface area contributed by atoms with Crippen LogP contribution in [-0.2, 0) is 4.79 Å². The average molecular weight is 177 g/mol. The molecule has 0 aliphatic rings. The van der Waals surface area contributed by atoms with Crippen molar-refractivity contribution in [2.24, 2.45) is 5.73 Å². The highest BCUT2D eigenvalue weighted by atomic mass is 79.9. The number of hydrogen-bond donors (Lipinski definition) is 1.